The number of aromatic amines is 1. The zero-order chi connectivity index (χ0) is 19.2. The van der Waals surface area contributed by atoms with Crippen LogP contribution in [-0.2, 0) is 9.84 Å². The van der Waals surface area contributed by atoms with Gasteiger partial charge in [-0.1, -0.05) is 23.5 Å². The summed E-state index contributed by atoms with van der Waals surface area (Å²) < 4.78 is 23.6. The number of para-hydroxylation sites is 2. The van der Waals surface area contributed by atoms with Crippen LogP contribution in [0.1, 0.15) is 24.6 Å². The number of nitro groups is 1. The molecule has 0 radical (unpaired) electrons. The van der Waals surface area contributed by atoms with Crippen molar-refractivity contribution in [3.8, 4) is 0 Å². The lowest BCUT2D eigenvalue weighted by atomic mass is 9.96. The smallest absolute Gasteiger partial charge is 0.305 e. The SMILES string of the molecule is CS(=O)(=O)c1cc([N+](=O)[O-])c(N2CCC(c3nc4ccccc4[nH]3)CC2)s1. The Bertz CT molecular complexity index is 1080. The van der Waals surface area contributed by atoms with E-state index in [1.165, 1.54) is 6.07 Å². The number of fused-ring (bicyclic) bond motifs is 1. The number of anilines is 1. The largest absolute Gasteiger partial charge is 0.358 e. The van der Waals surface area contributed by atoms with Crippen molar-refractivity contribution in [1.82, 2.24) is 9.97 Å². The van der Waals surface area contributed by atoms with Crippen molar-refractivity contribution < 1.29 is 13.3 Å². The highest BCUT2D eigenvalue weighted by Crippen LogP contribution is 2.42. The standard InChI is InChI=1S/C17H18N4O4S2/c1-27(24,25)15-10-14(21(22)23)17(26-15)20-8-6-11(7-9-20)16-18-12-4-2-3-5-13(12)19-16/h2-5,10-11H,6-9H2,1H3,(H,18,19). The van der Waals surface area contributed by atoms with Crippen molar-refractivity contribution in [2.24, 2.45) is 0 Å². The second-order valence-electron chi connectivity index (χ2n) is 6.69. The van der Waals surface area contributed by atoms with Crippen LogP contribution in [0, 0.1) is 10.1 Å². The van der Waals surface area contributed by atoms with Crippen molar-refractivity contribution in [1.29, 1.82) is 0 Å². The number of benzene rings is 1. The number of imidazole rings is 1. The molecule has 142 valence electrons. The monoisotopic (exact) mass is 406 g/mol. The summed E-state index contributed by atoms with van der Waals surface area (Å²) in [5.41, 5.74) is 1.80. The quantitative estimate of drug-likeness (QED) is 0.526. The van der Waals surface area contributed by atoms with Crippen LogP contribution in [-0.4, -0.2) is 42.7 Å². The third kappa shape index (κ3) is 3.42. The molecule has 0 unspecified atom stereocenters. The van der Waals surface area contributed by atoms with E-state index in [9.17, 15) is 18.5 Å². The van der Waals surface area contributed by atoms with Crippen LogP contribution >= 0.6 is 11.3 Å². The topological polar surface area (TPSA) is 109 Å². The van der Waals surface area contributed by atoms with E-state index in [-0.39, 0.29) is 15.8 Å². The number of hydrogen-bond acceptors (Lipinski definition) is 7. The maximum atomic E-state index is 11.8. The second-order valence-corrected chi connectivity index (χ2v) is 9.96. The molecule has 1 N–H and O–H groups in total. The zero-order valence-corrected chi connectivity index (χ0v) is 16.2. The van der Waals surface area contributed by atoms with E-state index in [2.05, 4.69) is 9.97 Å². The number of nitrogens with zero attached hydrogens (tertiary/aromatic N) is 3. The van der Waals surface area contributed by atoms with Gasteiger partial charge >= 0.3 is 5.69 Å². The lowest BCUT2D eigenvalue weighted by Gasteiger charge is -2.31. The lowest BCUT2D eigenvalue weighted by molar-refractivity contribution is -0.383. The van der Waals surface area contributed by atoms with Crippen LogP contribution in [0.3, 0.4) is 0 Å². The van der Waals surface area contributed by atoms with Crippen LogP contribution in [0.5, 0.6) is 0 Å². The first-order valence-electron chi connectivity index (χ1n) is 8.51. The minimum Gasteiger partial charge on any atom is -0.358 e. The van der Waals surface area contributed by atoms with Crippen molar-refractivity contribution in [2.75, 3.05) is 24.2 Å². The van der Waals surface area contributed by atoms with Crippen molar-refractivity contribution >= 4 is 42.9 Å². The maximum Gasteiger partial charge on any atom is 0.305 e. The first kappa shape index (κ1) is 17.9. The summed E-state index contributed by atoms with van der Waals surface area (Å²) >= 11 is 0.975. The van der Waals surface area contributed by atoms with Crippen LogP contribution in [0.2, 0.25) is 0 Å². The van der Waals surface area contributed by atoms with E-state index < -0.39 is 14.8 Å². The van der Waals surface area contributed by atoms with E-state index in [1.807, 2.05) is 29.2 Å². The molecule has 1 aliphatic heterocycles. The molecule has 1 fully saturated rings. The Morgan fingerprint density at radius 1 is 1.30 bits per heavy atom. The van der Waals surface area contributed by atoms with Gasteiger partial charge in [0.1, 0.15) is 10.0 Å². The Hall–Kier alpha value is -2.46. The molecule has 1 aliphatic rings. The Morgan fingerprint density at radius 3 is 2.63 bits per heavy atom. The van der Waals surface area contributed by atoms with Crippen LogP contribution in [0.4, 0.5) is 10.7 Å². The average molecular weight is 406 g/mol. The van der Waals surface area contributed by atoms with Gasteiger partial charge in [0.05, 0.1) is 16.0 Å². The molecule has 1 saturated heterocycles. The molecule has 0 aliphatic carbocycles. The molecule has 27 heavy (non-hydrogen) atoms. The molecule has 1 aromatic carbocycles. The first-order valence-corrected chi connectivity index (χ1v) is 11.2. The Morgan fingerprint density at radius 2 is 2.00 bits per heavy atom. The third-order valence-corrected chi connectivity index (χ3v) is 7.80. The van der Waals surface area contributed by atoms with Gasteiger partial charge in [-0.3, -0.25) is 10.1 Å². The van der Waals surface area contributed by atoms with E-state index >= 15 is 0 Å². The minimum atomic E-state index is -3.47. The van der Waals surface area contributed by atoms with Gasteiger partial charge in [0, 0.05) is 31.3 Å². The maximum absolute atomic E-state index is 11.8. The lowest BCUT2D eigenvalue weighted by Crippen LogP contribution is -2.33. The minimum absolute atomic E-state index is 0.0311. The first-order chi connectivity index (χ1) is 12.8. The summed E-state index contributed by atoms with van der Waals surface area (Å²) in [5.74, 6) is 1.19. The van der Waals surface area contributed by atoms with E-state index in [1.54, 1.807) is 0 Å². The van der Waals surface area contributed by atoms with Gasteiger partial charge < -0.3 is 9.88 Å². The molecule has 0 atom stereocenters. The average Bonchev–Trinajstić information content (AvgIpc) is 3.26. The summed E-state index contributed by atoms with van der Waals surface area (Å²) in [7, 11) is -3.47. The molecule has 10 heteroatoms. The van der Waals surface area contributed by atoms with Gasteiger partial charge in [-0.15, -0.1) is 0 Å². The van der Waals surface area contributed by atoms with Gasteiger partial charge in [-0.2, -0.15) is 0 Å². The summed E-state index contributed by atoms with van der Waals surface area (Å²) in [5, 5.41) is 11.8. The summed E-state index contributed by atoms with van der Waals surface area (Å²) in [6.45, 7) is 1.23. The fourth-order valence-electron chi connectivity index (χ4n) is 3.41. The fraction of sp³-hybridized carbons (Fsp3) is 0.353. The molecule has 3 heterocycles. The molecule has 0 spiro atoms. The van der Waals surface area contributed by atoms with Crippen molar-refractivity contribution in [3.05, 3.63) is 46.3 Å². The number of piperidine rings is 1. The molecule has 3 aromatic rings. The number of hydrogen-bond donors (Lipinski definition) is 1. The van der Waals surface area contributed by atoms with Crippen molar-refractivity contribution in [3.63, 3.8) is 0 Å². The highest BCUT2D eigenvalue weighted by molar-refractivity contribution is 7.92. The number of nitrogens with one attached hydrogen (secondary N) is 1. The predicted molar refractivity (Wildman–Crippen MR) is 104 cm³/mol. The fourth-order valence-corrected chi connectivity index (χ4v) is 5.49. The van der Waals surface area contributed by atoms with Gasteiger partial charge in [-0.25, -0.2) is 13.4 Å². The zero-order valence-electron chi connectivity index (χ0n) is 14.6. The van der Waals surface area contributed by atoms with Crippen LogP contribution < -0.4 is 4.90 Å². The molecule has 8 nitrogen and oxygen atoms in total. The molecule has 4 rings (SSSR count). The Kier molecular flexibility index (Phi) is 4.39. The van der Waals surface area contributed by atoms with Gasteiger partial charge in [-0.05, 0) is 25.0 Å². The highest BCUT2D eigenvalue weighted by Gasteiger charge is 2.31. The van der Waals surface area contributed by atoms with Gasteiger partial charge in [0.25, 0.3) is 0 Å². The normalized spacial score (nSPS) is 16.1. The second kappa shape index (κ2) is 6.61. The van der Waals surface area contributed by atoms with E-state index in [4.69, 9.17) is 0 Å². The number of H-pyrrole nitrogens is 1. The van der Waals surface area contributed by atoms with E-state index in [0.29, 0.717) is 18.1 Å². The summed E-state index contributed by atoms with van der Waals surface area (Å²) in [6.07, 6.45) is 2.66. The number of thiophene rings is 1. The predicted octanol–water partition coefficient (Wildman–Crippen LogP) is 3.32. The summed E-state index contributed by atoms with van der Waals surface area (Å²) in [6, 6.07) is 9.03. The van der Waals surface area contributed by atoms with Crippen LogP contribution in [0.25, 0.3) is 11.0 Å². The highest BCUT2D eigenvalue weighted by atomic mass is 32.2. The molecule has 2 aromatic heterocycles. The van der Waals surface area contributed by atoms with Crippen molar-refractivity contribution in [2.45, 2.75) is 23.0 Å². The van der Waals surface area contributed by atoms with E-state index in [0.717, 1.165) is 47.3 Å². The summed E-state index contributed by atoms with van der Waals surface area (Å²) in [4.78, 5) is 20.8. The molecule has 0 saturated carbocycles. The molecule has 0 amide bonds. The Labute approximate surface area is 159 Å². The molecule has 0 bridgehead atoms. The number of aromatic nitrogens is 2. The number of rotatable bonds is 4. The number of sulfone groups is 1. The third-order valence-electron chi connectivity index (χ3n) is 4.81. The molecular formula is C17H18N4O4S2. The van der Waals surface area contributed by atoms with Gasteiger partial charge in [0.2, 0.25) is 0 Å². The van der Waals surface area contributed by atoms with Crippen LogP contribution in [0.15, 0.2) is 34.5 Å². The molecular weight excluding hydrogens is 388 g/mol. The Balaban J connectivity index is 1.55. The van der Waals surface area contributed by atoms with Gasteiger partial charge in [0.15, 0.2) is 14.8 Å².